The molecule has 22 heavy (non-hydrogen) atoms. The van der Waals surface area contributed by atoms with E-state index in [0.717, 1.165) is 11.1 Å². The van der Waals surface area contributed by atoms with E-state index in [9.17, 15) is 20.0 Å². The van der Waals surface area contributed by atoms with Gasteiger partial charge in [0, 0.05) is 23.3 Å². The highest BCUT2D eigenvalue weighted by atomic mass is 16.6. The van der Waals surface area contributed by atoms with Gasteiger partial charge < -0.3 is 5.11 Å². The van der Waals surface area contributed by atoms with Gasteiger partial charge in [0.25, 0.3) is 5.69 Å². The molecule has 0 saturated heterocycles. The van der Waals surface area contributed by atoms with Gasteiger partial charge in [0.2, 0.25) is 0 Å². The van der Waals surface area contributed by atoms with Crippen molar-refractivity contribution < 1.29 is 14.8 Å². The molecular weight excluding hydrogens is 282 g/mol. The molecule has 3 rings (SSSR count). The summed E-state index contributed by atoms with van der Waals surface area (Å²) in [5.74, 6) is 0.106. The number of phenolic OH excluding ortho intramolecular Hbond substituents is 1. The summed E-state index contributed by atoms with van der Waals surface area (Å²) < 4.78 is 0. The fourth-order valence-corrected chi connectivity index (χ4v) is 2.60. The van der Waals surface area contributed by atoms with Crippen LogP contribution in [0.25, 0.3) is 6.08 Å². The topological polar surface area (TPSA) is 80.4 Å². The molecule has 1 aliphatic carbocycles. The van der Waals surface area contributed by atoms with Gasteiger partial charge >= 0.3 is 0 Å². The second kappa shape index (κ2) is 5.44. The zero-order valence-electron chi connectivity index (χ0n) is 11.7. The van der Waals surface area contributed by atoms with Crippen molar-refractivity contribution in [3.05, 3.63) is 74.8 Å². The number of carbonyl (C=O) groups is 1. The first-order chi connectivity index (χ1) is 10.5. The van der Waals surface area contributed by atoms with E-state index in [1.807, 2.05) is 0 Å². The number of non-ortho nitro benzene ring substituents is 1. The van der Waals surface area contributed by atoms with Crippen LogP contribution >= 0.6 is 0 Å². The molecular formula is C17H13NO4. The van der Waals surface area contributed by atoms with Crippen molar-refractivity contribution in [1.82, 2.24) is 0 Å². The molecule has 0 unspecified atom stereocenters. The zero-order chi connectivity index (χ0) is 15.7. The lowest BCUT2D eigenvalue weighted by atomic mass is 9.86. The first-order valence-corrected chi connectivity index (χ1v) is 6.86. The van der Waals surface area contributed by atoms with Crippen molar-refractivity contribution in [1.29, 1.82) is 0 Å². The minimum atomic E-state index is -0.453. The van der Waals surface area contributed by atoms with Gasteiger partial charge in [0.15, 0.2) is 5.78 Å². The summed E-state index contributed by atoms with van der Waals surface area (Å²) in [6, 6.07) is 10.9. The van der Waals surface area contributed by atoms with Crippen molar-refractivity contribution in [2.45, 2.75) is 12.8 Å². The summed E-state index contributed by atoms with van der Waals surface area (Å²) in [4.78, 5) is 22.6. The number of rotatable bonds is 2. The Hall–Kier alpha value is -2.95. The number of benzene rings is 2. The maximum Gasteiger partial charge on any atom is 0.269 e. The number of hydrogen-bond acceptors (Lipinski definition) is 4. The molecule has 0 amide bonds. The monoisotopic (exact) mass is 295 g/mol. The lowest BCUT2D eigenvalue weighted by Crippen LogP contribution is -2.13. The summed E-state index contributed by atoms with van der Waals surface area (Å²) in [6.07, 6.45) is 3.04. The number of fused-ring (bicyclic) bond motifs is 1. The average Bonchev–Trinajstić information content (AvgIpc) is 2.50. The van der Waals surface area contributed by atoms with E-state index in [1.165, 1.54) is 18.2 Å². The van der Waals surface area contributed by atoms with Gasteiger partial charge in [-0.25, -0.2) is 0 Å². The first-order valence-electron chi connectivity index (χ1n) is 6.86. The minimum absolute atomic E-state index is 0.0259. The van der Waals surface area contributed by atoms with Gasteiger partial charge in [-0.05, 0) is 60.4 Å². The Kier molecular flexibility index (Phi) is 3.47. The third-order valence-electron chi connectivity index (χ3n) is 3.73. The van der Waals surface area contributed by atoms with E-state index in [2.05, 4.69) is 0 Å². The molecule has 0 fully saturated rings. The molecule has 2 aromatic carbocycles. The van der Waals surface area contributed by atoms with E-state index >= 15 is 0 Å². The third-order valence-corrected chi connectivity index (χ3v) is 3.73. The SMILES string of the molecule is O=C1C(=Cc2ccc([N+](=O)[O-])cc2)CCc2cc(O)ccc21. The van der Waals surface area contributed by atoms with Crippen molar-refractivity contribution >= 4 is 17.5 Å². The quantitative estimate of drug-likeness (QED) is 0.522. The van der Waals surface area contributed by atoms with Crippen LogP contribution in [-0.2, 0) is 6.42 Å². The van der Waals surface area contributed by atoms with E-state index in [-0.39, 0.29) is 17.2 Å². The van der Waals surface area contributed by atoms with Crippen LogP contribution < -0.4 is 0 Å². The fourth-order valence-electron chi connectivity index (χ4n) is 2.60. The van der Waals surface area contributed by atoms with Gasteiger partial charge in [-0.1, -0.05) is 0 Å². The predicted octanol–water partition coefficient (Wildman–Crippen LogP) is 3.51. The smallest absolute Gasteiger partial charge is 0.269 e. The highest BCUT2D eigenvalue weighted by molar-refractivity contribution is 6.13. The predicted molar refractivity (Wildman–Crippen MR) is 81.8 cm³/mol. The van der Waals surface area contributed by atoms with Crippen LogP contribution in [0.5, 0.6) is 5.75 Å². The van der Waals surface area contributed by atoms with Crippen molar-refractivity contribution in [3.8, 4) is 5.75 Å². The van der Waals surface area contributed by atoms with Gasteiger partial charge in [-0.15, -0.1) is 0 Å². The van der Waals surface area contributed by atoms with Gasteiger partial charge in [0.1, 0.15) is 5.75 Å². The van der Waals surface area contributed by atoms with Crippen LogP contribution in [0.15, 0.2) is 48.0 Å². The Bertz CT molecular complexity index is 791. The highest BCUT2D eigenvalue weighted by Gasteiger charge is 2.22. The maximum atomic E-state index is 12.4. The average molecular weight is 295 g/mol. The molecule has 1 N–H and O–H groups in total. The van der Waals surface area contributed by atoms with Gasteiger partial charge in [-0.2, -0.15) is 0 Å². The minimum Gasteiger partial charge on any atom is -0.508 e. The number of Topliss-reactive ketones (excluding diaryl/α,β-unsaturated/α-hetero) is 1. The second-order valence-corrected chi connectivity index (χ2v) is 5.19. The molecule has 2 aromatic rings. The molecule has 0 atom stereocenters. The first kappa shape index (κ1) is 14.0. The number of phenols is 1. The molecule has 110 valence electrons. The molecule has 0 spiro atoms. The van der Waals surface area contributed by atoms with Crippen LogP contribution in [0.4, 0.5) is 5.69 Å². The number of aromatic hydroxyl groups is 1. The molecule has 0 aromatic heterocycles. The Labute approximate surface area is 126 Å². The number of nitro benzene ring substituents is 1. The van der Waals surface area contributed by atoms with Crippen molar-refractivity contribution in [3.63, 3.8) is 0 Å². The Morgan fingerprint density at radius 1 is 1.09 bits per heavy atom. The van der Waals surface area contributed by atoms with Crippen molar-refractivity contribution in [2.75, 3.05) is 0 Å². The number of carbonyl (C=O) groups excluding carboxylic acids is 1. The summed E-state index contributed by atoms with van der Waals surface area (Å²) >= 11 is 0. The second-order valence-electron chi connectivity index (χ2n) is 5.19. The molecule has 0 heterocycles. The molecule has 5 heteroatoms. The molecule has 0 aliphatic heterocycles. The number of aryl methyl sites for hydroxylation is 1. The van der Waals surface area contributed by atoms with Crippen molar-refractivity contribution in [2.24, 2.45) is 0 Å². The van der Waals surface area contributed by atoms with E-state index < -0.39 is 4.92 Å². The summed E-state index contributed by atoms with van der Waals surface area (Å²) in [5.41, 5.74) is 2.92. The lowest BCUT2D eigenvalue weighted by molar-refractivity contribution is -0.384. The van der Waals surface area contributed by atoms with Crippen LogP contribution in [0.2, 0.25) is 0 Å². The number of ketones is 1. The van der Waals surface area contributed by atoms with Gasteiger partial charge in [-0.3, -0.25) is 14.9 Å². The van der Waals surface area contributed by atoms with E-state index in [4.69, 9.17) is 0 Å². The Balaban J connectivity index is 1.91. The molecule has 0 radical (unpaired) electrons. The highest BCUT2D eigenvalue weighted by Crippen LogP contribution is 2.29. The lowest BCUT2D eigenvalue weighted by Gasteiger charge is -2.17. The standard InChI is InChI=1S/C17H13NO4/c19-15-7-8-16-12(10-15)3-4-13(17(16)20)9-11-1-5-14(6-2-11)18(21)22/h1-2,5-10,19H,3-4H2. The maximum absolute atomic E-state index is 12.4. The molecule has 0 bridgehead atoms. The van der Waals surface area contributed by atoms with Crippen LogP contribution in [0.3, 0.4) is 0 Å². The molecule has 1 aliphatic rings. The van der Waals surface area contributed by atoms with Gasteiger partial charge in [0.05, 0.1) is 4.92 Å². The number of nitrogens with zero attached hydrogens (tertiary/aromatic N) is 1. The third kappa shape index (κ3) is 2.61. The molecule has 0 saturated carbocycles. The number of nitro groups is 1. The Morgan fingerprint density at radius 2 is 1.82 bits per heavy atom. The zero-order valence-corrected chi connectivity index (χ0v) is 11.7. The van der Waals surface area contributed by atoms with Crippen LogP contribution in [0, 0.1) is 10.1 Å². The van der Waals surface area contributed by atoms with E-state index in [1.54, 1.807) is 30.3 Å². The molecule has 5 nitrogen and oxygen atoms in total. The summed E-state index contributed by atoms with van der Waals surface area (Å²) in [6.45, 7) is 0. The Morgan fingerprint density at radius 3 is 2.50 bits per heavy atom. The fraction of sp³-hybridized carbons (Fsp3) is 0.118. The number of allylic oxidation sites excluding steroid dienone is 1. The number of hydrogen-bond donors (Lipinski definition) is 1. The largest absolute Gasteiger partial charge is 0.508 e. The normalized spacial score (nSPS) is 15.6. The van der Waals surface area contributed by atoms with Crippen LogP contribution in [0.1, 0.15) is 27.9 Å². The van der Waals surface area contributed by atoms with Crippen LogP contribution in [-0.4, -0.2) is 15.8 Å². The summed E-state index contributed by atoms with van der Waals surface area (Å²) in [7, 11) is 0. The van der Waals surface area contributed by atoms with E-state index in [0.29, 0.717) is 24.0 Å². The summed E-state index contributed by atoms with van der Waals surface area (Å²) in [5, 5.41) is 20.1.